The van der Waals surface area contributed by atoms with E-state index in [-0.39, 0.29) is 22.7 Å². The molecule has 3 N–H and O–H groups in total. The van der Waals surface area contributed by atoms with Crippen LogP contribution in [-0.4, -0.2) is 47.4 Å². The standard InChI is InChI=1S/C28H24F3N3O5/c1-16-26(14-18-13-24(35)25(36)15-22(18)32-16)39-20-5-3-19(4-6-20)33-27(37)17-2-7-23(21(12-17)28(29,30)31)34-8-10-38-11-9-34/h2-7,12-15,35-36H,8-11H2,1H3,(H,33,37). The van der Waals surface area contributed by atoms with Gasteiger partial charge in [0.15, 0.2) is 11.5 Å². The highest BCUT2D eigenvalue weighted by molar-refractivity contribution is 6.04. The first-order valence-corrected chi connectivity index (χ1v) is 12.0. The lowest BCUT2D eigenvalue weighted by atomic mass is 10.1. The predicted octanol–water partition coefficient (Wildman–Crippen LogP) is 5.85. The van der Waals surface area contributed by atoms with Gasteiger partial charge in [-0.05, 0) is 61.5 Å². The van der Waals surface area contributed by atoms with Crippen LogP contribution in [0.3, 0.4) is 0 Å². The molecular weight excluding hydrogens is 515 g/mol. The largest absolute Gasteiger partial charge is 0.504 e. The molecule has 2 heterocycles. The van der Waals surface area contributed by atoms with Gasteiger partial charge in [-0.3, -0.25) is 4.79 Å². The Labute approximate surface area is 221 Å². The highest BCUT2D eigenvalue weighted by Gasteiger charge is 2.36. The van der Waals surface area contributed by atoms with Crippen molar-refractivity contribution in [1.82, 2.24) is 4.98 Å². The average molecular weight is 540 g/mol. The molecule has 4 aromatic rings. The molecule has 0 bridgehead atoms. The third kappa shape index (κ3) is 5.68. The summed E-state index contributed by atoms with van der Waals surface area (Å²) in [4.78, 5) is 18.8. The minimum absolute atomic E-state index is 0.0225. The number of carbonyl (C=O) groups excluding carboxylic acids is 1. The Morgan fingerprint density at radius 2 is 1.69 bits per heavy atom. The molecule has 0 radical (unpaired) electrons. The molecule has 1 aromatic heterocycles. The summed E-state index contributed by atoms with van der Waals surface area (Å²) < 4.78 is 52.6. The van der Waals surface area contributed by atoms with Crippen LogP contribution in [0, 0.1) is 6.92 Å². The Morgan fingerprint density at radius 1 is 1.00 bits per heavy atom. The van der Waals surface area contributed by atoms with Crippen LogP contribution >= 0.6 is 0 Å². The number of halogens is 3. The van der Waals surface area contributed by atoms with Gasteiger partial charge in [-0.25, -0.2) is 4.98 Å². The van der Waals surface area contributed by atoms with Crippen molar-refractivity contribution in [2.24, 2.45) is 0 Å². The molecule has 1 aliphatic rings. The smallest absolute Gasteiger partial charge is 0.418 e. The van der Waals surface area contributed by atoms with Crippen LogP contribution in [0.4, 0.5) is 24.5 Å². The van der Waals surface area contributed by atoms with E-state index in [0.717, 1.165) is 6.07 Å². The van der Waals surface area contributed by atoms with Gasteiger partial charge in [0.05, 0.1) is 30.0 Å². The number of ether oxygens (including phenoxy) is 2. The first kappa shape index (κ1) is 26.1. The van der Waals surface area contributed by atoms with Gasteiger partial charge in [0.2, 0.25) is 0 Å². The molecule has 5 rings (SSSR count). The summed E-state index contributed by atoms with van der Waals surface area (Å²) in [7, 11) is 0. The van der Waals surface area contributed by atoms with E-state index in [0.29, 0.717) is 60.1 Å². The predicted molar refractivity (Wildman–Crippen MR) is 139 cm³/mol. The summed E-state index contributed by atoms with van der Waals surface area (Å²) in [6.07, 6.45) is -4.63. The van der Waals surface area contributed by atoms with Gasteiger partial charge in [0.1, 0.15) is 11.5 Å². The molecule has 0 atom stereocenters. The number of phenolic OH excluding ortho intramolecular Hbond substituents is 2. The van der Waals surface area contributed by atoms with E-state index in [4.69, 9.17) is 9.47 Å². The van der Waals surface area contributed by atoms with E-state index in [2.05, 4.69) is 10.3 Å². The molecule has 0 aliphatic carbocycles. The zero-order chi connectivity index (χ0) is 27.7. The van der Waals surface area contributed by atoms with E-state index in [1.807, 2.05) is 0 Å². The Bertz CT molecular complexity index is 1530. The van der Waals surface area contributed by atoms with Crippen molar-refractivity contribution in [2.45, 2.75) is 13.1 Å². The lowest BCUT2D eigenvalue weighted by molar-refractivity contribution is -0.137. The molecular formula is C28H24F3N3O5. The minimum atomic E-state index is -4.63. The number of hydrogen-bond acceptors (Lipinski definition) is 7. The maximum absolute atomic E-state index is 13.8. The summed E-state index contributed by atoms with van der Waals surface area (Å²) in [5.74, 6) is -0.389. The average Bonchev–Trinajstić information content (AvgIpc) is 2.91. The number of pyridine rings is 1. The molecule has 1 amide bonds. The van der Waals surface area contributed by atoms with Gasteiger partial charge in [-0.1, -0.05) is 0 Å². The maximum Gasteiger partial charge on any atom is 0.418 e. The zero-order valence-electron chi connectivity index (χ0n) is 20.7. The lowest BCUT2D eigenvalue weighted by Gasteiger charge is -2.31. The first-order valence-electron chi connectivity index (χ1n) is 12.0. The summed E-state index contributed by atoms with van der Waals surface area (Å²) in [6.45, 7) is 3.08. The number of benzene rings is 3. The van der Waals surface area contributed by atoms with Crippen LogP contribution in [0.1, 0.15) is 21.6 Å². The van der Waals surface area contributed by atoms with E-state index in [1.165, 1.54) is 24.3 Å². The number of morpholine rings is 1. The van der Waals surface area contributed by atoms with Crippen molar-refractivity contribution in [1.29, 1.82) is 0 Å². The van der Waals surface area contributed by atoms with Gasteiger partial charge in [-0.2, -0.15) is 13.2 Å². The molecule has 202 valence electrons. The number of alkyl halides is 3. The van der Waals surface area contributed by atoms with Crippen molar-refractivity contribution in [3.63, 3.8) is 0 Å². The van der Waals surface area contributed by atoms with Gasteiger partial charge in [-0.15, -0.1) is 0 Å². The second-order valence-electron chi connectivity index (χ2n) is 9.02. The first-order chi connectivity index (χ1) is 18.6. The fourth-order valence-electron chi connectivity index (χ4n) is 4.30. The van der Waals surface area contributed by atoms with Crippen molar-refractivity contribution < 1.29 is 37.7 Å². The molecule has 8 nitrogen and oxygen atoms in total. The number of fused-ring (bicyclic) bond motifs is 1. The summed E-state index contributed by atoms with van der Waals surface area (Å²) >= 11 is 0. The van der Waals surface area contributed by atoms with Gasteiger partial charge >= 0.3 is 6.18 Å². The van der Waals surface area contributed by atoms with Crippen LogP contribution in [0.2, 0.25) is 0 Å². The SMILES string of the molecule is Cc1nc2cc(O)c(O)cc2cc1Oc1ccc(NC(=O)c2ccc(N3CCOCC3)c(C(F)(F)F)c2)cc1. The maximum atomic E-state index is 13.8. The second-order valence-corrected chi connectivity index (χ2v) is 9.02. The second kappa shape index (κ2) is 10.3. The molecule has 11 heteroatoms. The molecule has 39 heavy (non-hydrogen) atoms. The van der Waals surface area contributed by atoms with Crippen LogP contribution < -0.4 is 15.0 Å². The zero-order valence-corrected chi connectivity index (χ0v) is 20.7. The Balaban J connectivity index is 1.31. The molecule has 1 saturated heterocycles. The van der Waals surface area contributed by atoms with Gasteiger partial charge in [0, 0.05) is 41.5 Å². The molecule has 0 saturated carbocycles. The molecule has 0 spiro atoms. The van der Waals surface area contributed by atoms with Crippen molar-refractivity contribution in [2.75, 3.05) is 36.5 Å². The Kier molecular flexibility index (Phi) is 6.92. The van der Waals surface area contributed by atoms with Crippen LogP contribution in [-0.2, 0) is 10.9 Å². The Hall–Kier alpha value is -4.51. The number of nitrogens with one attached hydrogen (secondary N) is 1. The third-order valence-corrected chi connectivity index (χ3v) is 6.31. The lowest BCUT2D eigenvalue weighted by Crippen LogP contribution is -2.37. The summed E-state index contributed by atoms with van der Waals surface area (Å²) in [5.41, 5.74) is 0.433. The topological polar surface area (TPSA) is 104 Å². The number of aryl methyl sites for hydroxylation is 1. The number of carbonyl (C=O) groups is 1. The number of nitrogens with zero attached hydrogens (tertiary/aromatic N) is 2. The molecule has 0 unspecified atom stereocenters. The molecule has 3 aromatic carbocycles. The normalized spacial score (nSPS) is 13.9. The Morgan fingerprint density at radius 3 is 2.38 bits per heavy atom. The van der Waals surface area contributed by atoms with E-state index < -0.39 is 17.6 Å². The number of aromatic hydroxyl groups is 2. The monoisotopic (exact) mass is 539 g/mol. The number of hydrogen-bond donors (Lipinski definition) is 3. The number of rotatable bonds is 5. The van der Waals surface area contributed by atoms with Crippen molar-refractivity contribution in [3.05, 3.63) is 77.5 Å². The number of anilines is 2. The van der Waals surface area contributed by atoms with Gasteiger partial charge in [0.25, 0.3) is 5.91 Å². The summed E-state index contributed by atoms with van der Waals surface area (Å²) in [5, 5.41) is 22.6. The molecule has 1 fully saturated rings. The van der Waals surface area contributed by atoms with Crippen LogP contribution in [0.5, 0.6) is 23.0 Å². The highest BCUT2D eigenvalue weighted by atomic mass is 19.4. The minimum Gasteiger partial charge on any atom is -0.504 e. The van der Waals surface area contributed by atoms with Crippen molar-refractivity contribution in [3.8, 4) is 23.0 Å². The van der Waals surface area contributed by atoms with Crippen LogP contribution in [0.15, 0.2) is 60.7 Å². The van der Waals surface area contributed by atoms with E-state index in [9.17, 15) is 28.2 Å². The quantitative estimate of drug-likeness (QED) is 0.273. The number of phenols is 2. The summed E-state index contributed by atoms with van der Waals surface area (Å²) in [6, 6.07) is 14.3. The van der Waals surface area contributed by atoms with Crippen LogP contribution in [0.25, 0.3) is 10.9 Å². The highest BCUT2D eigenvalue weighted by Crippen LogP contribution is 2.38. The number of aromatic nitrogens is 1. The van der Waals surface area contributed by atoms with Crippen molar-refractivity contribution >= 4 is 28.2 Å². The fourth-order valence-corrected chi connectivity index (χ4v) is 4.30. The molecule has 1 aliphatic heterocycles. The van der Waals surface area contributed by atoms with E-state index >= 15 is 0 Å². The third-order valence-electron chi connectivity index (χ3n) is 6.31. The van der Waals surface area contributed by atoms with E-state index in [1.54, 1.807) is 42.2 Å². The van der Waals surface area contributed by atoms with Gasteiger partial charge < -0.3 is 29.9 Å². The number of amides is 1. The fraction of sp³-hybridized carbons (Fsp3) is 0.214.